The van der Waals surface area contributed by atoms with Crippen LogP contribution in [0.5, 0.6) is 11.5 Å². The minimum Gasteiger partial charge on any atom is -0.507 e. The molecule has 3 N–H and O–H groups in total. The Hall–Kier alpha value is -1.67. The normalized spacial score (nSPS) is 13.8. The van der Waals surface area contributed by atoms with E-state index in [9.17, 15) is 23.2 Å². The van der Waals surface area contributed by atoms with E-state index in [0.717, 1.165) is 6.07 Å². The van der Waals surface area contributed by atoms with Gasteiger partial charge in [-0.25, -0.2) is 0 Å². The third-order valence-corrected chi connectivity index (χ3v) is 7.39. The molecule has 3 aromatic rings. The number of halogens is 4. The maximum atomic E-state index is 12.9. The van der Waals surface area contributed by atoms with E-state index in [2.05, 4.69) is 0 Å². The Morgan fingerprint density at radius 2 is 1.38 bits per heavy atom. The monoisotopic (exact) mass is 492 g/mol. The number of hydrogen-bond acceptors (Lipinski definition) is 4. The fourth-order valence-electron chi connectivity index (χ4n) is 3.22. The molecule has 152 valence electrons. The maximum absolute atomic E-state index is 12.9. The van der Waals surface area contributed by atoms with Gasteiger partial charge in [-0.2, -0.15) is 8.42 Å². The van der Waals surface area contributed by atoms with Crippen LogP contribution in [0, 0.1) is 0 Å². The summed E-state index contributed by atoms with van der Waals surface area (Å²) in [5.74, 6) is -1.52. The van der Waals surface area contributed by atoms with Crippen LogP contribution in [0.1, 0.15) is 16.7 Å². The summed E-state index contributed by atoms with van der Waals surface area (Å²) in [7, 11) is -5.11. The number of phenols is 2. The van der Waals surface area contributed by atoms with Crippen LogP contribution in [-0.4, -0.2) is 23.2 Å². The Balaban J connectivity index is 2.62. The van der Waals surface area contributed by atoms with Crippen molar-refractivity contribution in [1.29, 1.82) is 0 Å². The third-order valence-electron chi connectivity index (χ3n) is 4.42. The Morgan fingerprint density at radius 3 is 1.93 bits per heavy atom. The van der Waals surface area contributed by atoms with Crippen molar-refractivity contribution in [3.8, 4) is 11.5 Å². The number of phenolic OH excluding ortho intramolecular Hbond substituents is 2. The lowest BCUT2D eigenvalue weighted by atomic mass is 9.83. The zero-order valence-corrected chi connectivity index (χ0v) is 18.1. The Bertz CT molecular complexity index is 1200. The molecule has 0 aliphatic heterocycles. The summed E-state index contributed by atoms with van der Waals surface area (Å²) < 4.78 is 33.8. The van der Waals surface area contributed by atoms with Crippen molar-refractivity contribution < 1.29 is 23.2 Å². The SMILES string of the molecule is O=S(=O)(O)C(c1ccccc1)(c1ccc(Cl)c(Cl)c1)c1c(O)cc(Cl)c(Cl)c1O. The first-order chi connectivity index (χ1) is 13.5. The van der Waals surface area contributed by atoms with Crippen molar-refractivity contribution >= 4 is 56.5 Å². The topological polar surface area (TPSA) is 94.8 Å². The summed E-state index contributed by atoms with van der Waals surface area (Å²) in [4.78, 5) is 0. The minimum atomic E-state index is -5.11. The van der Waals surface area contributed by atoms with Crippen LogP contribution in [-0.2, 0) is 14.9 Å². The van der Waals surface area contributed by atoms with Gasteiger partial charge >= 0.3 is 0 Å². The first-order valence-corrected chi connectivity index (χ1v) is 10.9. The van der Waals surface area contributed by atoms with E-state index in [-0.39, 0.29) is 26.2 Å². The van der Waals surface area contributed by atoms with Crippen molar-refractivity contribution in [3.05, 3.63) is 91.4 Å². The molecule has 0 amide bonds. The van der Waals surface area contributed by atoms with E-state index in [1.807, 2.05) is 0 Å². The summed E-state index contributed by atoms with van der Waals surface area (Å²) in [5.41, 5.74) is -0.673. The second kappa shape index (κ2) is 7.87. The fourth-order valence-corrected chi connectivity index (χ4v) is 5.17. The van der Waals surface area contributed by atoms with E-state index < -0.39 is 37.0 Å². The quantitative estimate of drug-likeness (QED) is 0.311. The smallest absolute Gasteiger partial charge is 0.283 e. The summed E-state index contributed by atoms with van der Waals surface area (Å²) >= 11 is 24.0. The highest BCUT2D eigenvalue weighted by molar-refractivity contribution is 7.87. The molecule has 0 saturated heterocycles. The second-order valence-electron chi connectivity index (χ2n) is 6.07. The van der Waals surface area contributed by atoms with Crippen molar-refractivity contribution in [1.82, 2.24) is 0 Å². The first kappa shape index (κ1) is 22.0. The van der Waals surface area contributed by atoms with Crippen LogP contribution in [0.3, 0.4) is 0 Å². The van der Waals surface area contributed by atoms with Gasteiger partial charge in [0.1, 0.15) is 16.5 Å². The highest BCUT2D eigenvalue weighted by atomic mass is 35.5. The van der Waals surface area contributed by atoms with Gasteiger partial charge in [0.05, 0.1) is 20.6 Å². The molecule has 5 nitrogen and oxygen atoms in total. The van der Waals surface area contributed by atoms with Gasteiger partial charge in [0.2, 0.25) is 0 Å². The number of hydrogen-bond donors (Lipinski definition) is 3. The first-order valence-electron chi connectivity index (χ1n) is 7.90. The largest absolute Gasteiger partial charge is 0.507 e. The molecule has 29 heavy (non-hydrogen) atoms. The molecular formula is C19H12Cl4O5S. The van der Waals surface area contributed by atoms with Crippen molar-refractivity contribution in [3.63, 3.8) is 0 Å². The third kappa shape index (κ3) is 3.54. The standard InChI is InChI=1S/C19H12Cl4O5S/c20-12-7-6-11(8-13(12)21)19(29(26,27)28,10-4-2-1-3-5-10)16-15(24)9-14(22)17(23)18(16)25/h1-9,24-25H,(H,26,27,28). The molecule has 3 aromatic carbocycles. The summed E-state index contributed by atoms with van der Waals surface area (Å²) in [6, 6.07) is 12.3. The molecule has 10 heteroatoms. The van der Waals surface area contributed by atoms with Gasteiger partial charge in [-0.3, -0.25) is 4.55 Å². The van der Waals surface area contributed by atoms with Crippen LogP contribution >= 0.6 is 46.4 Å². The second-order valence-corrected chi connectivity index (χ2v) is 9.23. The van der Waals surface area contributed by atoms with Gasteiger partial charge in [0, 0.05) is 6.07 Å². The van der Waals surface area contributed by atoms with Gasteiger partial charge < -0.3 is 10.2 Å². The minimum absolute atomic E-state index is 0.00452. The van der Waals surface area contributed by atoms with E-state index in [1.54, 1.807) is 6.07 Å². The molecule has 0 heterocycles. The van der Waals surface area contributed by atoms with Crippen LogP contribution in [0.2, 0.25) is 20.1 Å². The van der Waals surface area contributed by atoms with Crippen LogP contribution in [0.25, 0.3) is 0 Å². The van der Waals surface area contributed by atoms with Gasteiger partial charge in [-0.15, -0.1) is 0 Å². The lowest BCUT2D eigenvalue weighted by Crippen LogP contribution is -2.38. The van der Waals surface area contributed by atoms with Crippen LogP contribution in [0.15, 0.2) is 54.6 Å². The highest BCUT2D eigenvalue weighted by Gasteiger charge is 2.52. The van der Waals surface area contributed by atoms with Gasteiger partial charge in [-0.05, 0) is 23.3 Å². The van der Waals surface area contributed by atoms with E-state index >= 15 is 0 Å². The fraction of sp³-hybridized carbons (Fsp3) is 0.0526. The van der Waals surface area contributed by atoms with Crippen LogP contribution < -0.4 is 0 Å². The molecule has 0 aliphatic rings. The molecule has 0 spiro atoms. The predicted molar refractivity (Wildman–Crippen MR) is 114 cm³/mol. The van der Waals surface area contributed by atoms with Crippen molar-refractivity contribution in [2.45, 2.75) is 4.75 Å². The molecule has 0 radical (unpaired) electrons. The molecule has 1 atom stereocenters. The molecule has 0 saturated carbocycles. The average molecular weight is 494 g/mol. The van der Waals surface area contributed by atoms with Gasteiger partial charge in [0.15, 0.2) is 4.75 Å². The maximum Gasteiger partial charge on any atom is 0.283 e. The zero-order valence-electron chi connectivity index (χ0n) is 14.3. The molecule has 3 rings (SSSR count). The van der Waals surface area contributed by atoms with E-state index in [4.69, 9.17) is 46.4 Å². The highest BCUT2D eigenvalue weighted by Crippen LogP contribution is 2.54. The zero-order chi connectivity index (χ0) is 21.6. The number of aromatic hydroxyl groups is 2. The molecule has 0 aromatic heterocycles. The van der Waals surface area contributed by atoms with E-state index in [0.29, 0.717) is 0 Å². The average Bonchev–Trinajstić information content (AvgIpc) is 2.65. The summed E-state index contributed by atoms with van der Waals surface area (Å²) in [6.45, 7) is 0. The van der Waals surface area contributed by atoms with Crippen molar-refractivity contribution in [2.75, 3.05) is 0 Å². The molecular weight excluding hydrogens is 482 g/mol. The Kier molecular flexibility index (Phi) is 5.98. The van der Waals surface area contributed by atoms with Gasteiger partial charge in [0.25, 0.3) is 10.1 Å². The molecule has 0 bridgehead atoms. The van der Waals surface area contributed by atoms with Crippen molar-refractivity contribution in [2.24, 2.45) is 0 Å². The summed E-state index contributed by atoms with van der Waals surface area (Å²) in [6.07, 6.45) is 0. The Morgan fingerprint density at radius 1 is 0.759 bits per heavy atom. The molecule has 1 unspecified atom stereocenters. The summed E-state index contributed by atoms with van der Waals surface area (Å²) in [5, 5.41) is 20.8. The lowest BCUT2D eigenvalue weighted by Gasteiger charge is -2.33. The predicted octanol–water partition coefficient (Wildman–Crippen LogP) is 5.89. The number of rotatable bonds is 4. The number of benzene rings is 3. The van der Waals surface area contributed by atoms with Gasteiger partial charge in [-0.1, -0.05) is 82.8 Å². The Labute approximate surface area is 186 Å². The van der Waals surface area contributed by atoms with E-state index in [1.165, 1.54) is 42.5 Å². The lowest BCUT2D eigenvalue weighted by molar-refractivity contribution is 0.416. The molecule has 0 fully saturated rings. The van der Waals surface area contributed by atoms with Crippen LogP contribution in [0.4, 0.5) is 0 Å². The molecule has 0 aliphatic carbocycles.